The van der Waals surface area contributed by atoms with Crippen molar-refractivity contribution < 1.29 is 19.1 Å². The van der Waals surface area contributed by atoms with Gasteiger partial charge in [0.15, 0.2) is 0 Å². The van der Waals surface area contributed by atoms with Gasteiger partial charge in [-0.25, -0.2) is 4.79 Å². The van der Waals surface area contributed by atoms with Crippen LogP contribution in [0, 0.1) is 0 Å². The molecule has 2 aromatic carbocycles. The number of hydrogen-bond donors (Lipinski definition) is 0. The largest absolute Gasteiger partial charge is 0.423 e. The highest BCUT2D eigenvalue weighted by molar-refractivity contribution is 5.91. The molecule has 0 fully saturated rings. The Morgan fingerprint density at radius 2 is 1.72 bits per heavy atom. The van der Waals surface area contributed by atoms with Gasteiger partial charge in [0, 0.05) is 20.0 Å². The monoisotopic (exact) mass is 393 g/mol. The Kier molecular flexibility index (Phi) is 6.83. The number of carbonyl (C=O) groups is 2. The van der Waals surface area contributed by atoms with Gasteiger partial charge in [-0.05, 0) is 61.2 Å². The Morgan fingerprint density at radius 1 is 1.03 bits per heavy atom. The molecular weight excluding hydrogens is 366 g/mol. The zero-order chi connectivity index (χ0) is 20.8. The van der Waals surface area contributed by atoms with E-state index in [-0.39, 0.29) is 18.0 Å². The predicted molar refractivity (Wildman–Crippen MR) is 113 cm³/mol. The fraction of sp³-hybridized carbons (Fsp3) is 0.333. The minimum Gasteiger partial charge on any atom is -0.423 e. The van der Waals surface area contributed by atoms with Crippen LogP contribution in [0.25, 0.3) is 5.57 Å². The van der Waals surface area contributed by atoms with Crippen molar-refractivity contribution in [2.45, 2.75) is 39.9 Å². The maximum atomic E-state index is 12.4. The van der Waals surface area contributed by atoms with E-state index in [2.05, 4.69) is 6.08 Å². The highest BCUT2D eigenvalue weighted by Gasteiger charge is 2.15. The van der Waals surface area contributed by atoms with Gasteiger partial charge >= 0.3 is 5.97 Å². The van der Waals surface area contributed by atoms with Crippen molar-refractivity contribution in [3.05, 3.63) is 71.3 Å². The van der Waals surface area contributed by atoms with Crippen LogP contribution in [0.1, 0.15) is 48.7 Å². The average Bonchev–Trinajstić information content (AvgIpc) is 2.73. The van der Waals surface area contributed by atoms with E-state index in [0.29, 0.717) is 24.5 Å². The van der Waals surface area contributed by atoms with Crippen LogP contribution in [0.2, 0.25) is 0 Å². The molecule has 0 atom stereocenters. The molecule has 0 bridgehead atoms. The number of esters is 1. The number of ether oxygens (including phenoxy) is 2. The molecular formula is C24H27NO4. The fourth-order valence-electron chi connectivity index (χ4n) is 3.12. The molecule has 0 unspecified atom stereocenters. The van der Waals surface area contributed by atoms with E-state index in [1.54, 1.807) is 31.2 Å². The summed E-state index contributed by atoms with van der Waals surface area (Å²) in [5.74, 6) is 0.221. The topological polar surface area (TPSA) is 55.8 Å². The maximum Gasteiger partial charge on any atom is 0.343 e. The molecule has 0 saturated carbocycles. The van der Waals surface area contributed by atoms with Crippen molar-refractivity contribution in [1.29, 1.82) is 0 Å². The fourth-order valence-corrected chi connectivity index (χ4v) is 3.12. The van der Waals surface area contributed by atoms with Crippen molar-refractivity contribution in [1.82, 2.24) is 4.90 Å². The van der Waals surface area contributed by atoms with Crippen LogP contribution in [-0.2, 0) is 16.1 Å². The summed E-state index contributed by atoms with van der Waals surface area (Å²) < 4.78 is 11.0. The summed E-state index contributed by atoms with van der Waals surface area (Å²) in [7, 11) is 0. The van der Waals surface area contributed by atoms with Crippen molar-refractivity contribution >= 4 is 17.4 Å². The first kappa shape index (κ1) is 20.8. The number of amides is 1. The SMILES string of the molecule is CC(=O)N1CC=C(c2ccc(OC(=O)c3ccc(COC(C)C)cc3)cc2)CC1. The molecule has 0 aromatic heterocycles. The molecule has 0 aliphatic carbocycles. The third kappa shape index (κ3) is 5.78. The van der Waals surface area contributed by atoms with Crippen LogP contribution in [0.15, 0.2) is 54.6 Å². The van der Waals surface area contributed by atoms with E-state index < -0.39 is 0 Å². The van der Waals surface area contributed by atoms with E-state index in [1.165, 1.54) is 5.57 Å². The quantitative estimate of drug-likeness (QED) is 0.537. The zero-order valence-corrected chi connectivity index (χ0v) is 17.2. The van der Waals surface area contributed by atoms with E-state index in [4.69, 9.17) is 9.47 Å². The molecule has 5 heteroatoms. The molecule has 29 heavy (non-hydrogen) atoms. The van der Waals surface area contributed by atoms with E-state index in [0.717, 1.165) is 24.1 Å². The second-order valence-electron chi connectivity index (χ2n) is 7.41. The number of nitrogens with zero attached hydrogens (tertiary/aromatic N) is 1. The van der Waals surface area contributed by atoms with Crippen LogP contribution in [0.4, 0.5) is 0 Å². The van der Waals surface area contributed by atoms with Crippen molar-refractivity contribution in [3.8, 4) is 5.75 Å². The van der Waals surface area contributed by atoms with Gasteiger partial charge in [0.25, 0.3) is 0 Å². The summed E-state index contributed by atoms with van der Waals surface area (Å²) >= 11 is 0. The Balaban J connectivity index is 1.58. The van der Waals surface area contributed by atoms with Gasteiger partial charge in [0.1, 0.15) is 5.75 Å². The predicted octanol–water partition coefficient (Wildman–Crippen LogP) is 4.47. The molecule has 1 aliphatic rings. The van der Waals surface area contributed by atoms with E-state index >= 15 is 0 Å². The summed E-state index contributed by atoms with van der Waals surface area (Å²) in [6.45, 7) is 7.46. The molecule has 0 spiro atoms. The summed E-state index contributed by atoms with van der Waals surface area (Å²) in [5, 5.41) is 0. The third-order valence-corrected chi connectivity index (χ3v) is 4.86. The Hall–Kier alpha value is -2.92. The molecule has 1 amide bonds. The van der Waals surface area contributed by atoms with Crippen LogP contribution >= 0.6 is 0 Å². The molecule has 1 aliphatic heterocycles. The van der Waals surface area contributed by atoms with Gasteiger partial charge in [-0.3, -0.25) is 4.79 Å². The second-order valence-corrected chi connectivity index (χ2v) is 7.41. The lowest BCUT2D eigenvalue weighted by Gasteiger charge is -2.25. The minimum atomic E-state index is -0.386. The first-order chi connectivity index (χ1) is 13.9. The van der Waals surface area contributed by atoms with Gasteiger partial charge in [0.05, 0.1) is 18.3 Å². The Morgan fingerprint density at radius 3 is 2.28 bits per heavy atom. The molecule has 5 nitrogen and oxygen atoms in total. The normalized spacial score (nSPS) is 13.9. The van der Waals surface area contributed by atoms with E-state index in [1.807, 2.05) is 43.0 Å². The lowest BCUT2D eigenvalue weighted by molar-refractivity contribution is -0.128. The van der Waals surface area contributed by atoms with Crippen LogP contribution in [0.5, 0.6) is 5.75 Å². The van der Waals surface area contributed by atoms with Crippen molar-refractivity contribution in [3.63, 3.8) is 0 Å². The highest BCUT2D eigenvalue weighted by Crippen LogP contribution is 2.25. The lowest BCUT2D eigenvalue weighted by atomic mass is 9.99. The molecule has 2 aromatic rings. The van der Waals surface area contributed by atoms with Crippen molar-refractivity contribution in [2.24, 2.45) is 0 Å². The molecule has 0 saturated heterocycles. The molecule has 0 radical (unpaired) electrons. The first-order valence-corrected chi connectivity index (χ1v) is 9.90. The lowest BCUT2D eigenvalue weighted by Crippen LogP contribution is -2.32. The smallest absolute Gasteiger partial charge is 0.343 e. The zero-order valence-electron chi connectivity index (χ0n) is 17.2. The Bertz CT molecular complexity index is 882. The third-order valence-electron chi connectivity index (χ3n) is 4.86. The van der Waals surface area contributed by atoms with Gasteiger partial charge in [-0.1, -0.05) is 30.3 Å². The van der Waals surface area contributed by atoms with Gasteiger partial charge in [-0.2, -0.15) is 0 Å². The summed E-state index contributed by atoms with van der Waals surface area (Å²) in [5.41, 5.74) is 3.81. The number of carbonyl (C=O) groups excluding carboxylic acids is 2. The molecule has 152 valence electrons. The van der Waals surface area contributed by atoms with E-state index in [9.17, 15) is 9.59 Å². The number of hydrogen-bond acceptors (Lipinski definition) is 4. The Labute approximate surface area is 171 Å². The average molecular weight is 393 g/mol. The standard InChI is InChI=1S/C24H27NO4/c1-17(2)28-16-19-4-6-22(7-5-19)24(27)29-23-10-8-20(9-11-23)21-12-14-25(15-13-21)18(3)26/h4-12,17H,13-16H2,1-3H3. The maximum absolute atomic E-state index is 12.4. The van der Waals surface area contributed by atoms with Crippen LogP contribution < -0.4 is 4.74 Å². The first-order valence-electron chi connectivity index (χ1n) is 9.90. The highest BCUT2D eigenvalue weighted by atomic mass is 16.5. The second kappa shape index (κ2) is 9.52. The molecule has 0 N–H and O–H groups in total. The molecule has 1 heterocycles. The van der Waals surface area contributed by atoms with Crippen LogP contribution in [0.3, 0.4) is 0 Å². The number of benzene rings is 2. The van der Waals surface area contributed by atoms with Gasteiger partial charge in [0.2, 0.25) is 5.91 Å². The minimum absolute atomic E-state index is 0.100. The summed E-state index contributed by atoms with van der Waals surface area (Å²) in [6, 6.07) is 14.8. The summed E-state index contributed by atoms with van der Waals surface area (Å²) in [6.07, 6.45) is 3.07. The number of rotatable bonds is 6. The van der Waals surface area contributed by atoms with Gasteiger partial charge in [-0.15, -0.1) is 0 Å². The van der Waals surface area contributed by atoms with Crippen molar-refractivity contribution in [2.75, 3.05) is 13.1 Å². The van der Waals surface area contributed by atoms with Gasteiger partial charge < -0.3 is 14.4 Å². The van der Waals surface area contributed by atoms with Crippen LogP contribution in [-0.4, -0.2) is 36.0 Å². The molecule has 3 rings (SSSR count). The summed E-state index contributed by atoms with van der Waals surface area (Å²) in [4.78, 5) is 25.6.